The van der Waals surface area contributed by atoms with Crippen LogP contribution in [-0.2, 0) is 13.3 Å². The molecule has 0 radical (unpaired) electrons. The van der Waals surface area contributed by atoms with Gasteiger partial charge in [0.25, 0.3) is 0 Å². The first-order valence-electron chi connectivity index (χ1n) is 5.14. The predicted octanol–water partition coefficient (Wildman–Crippen LogP) is -0.803. The molecule has 94 valence electrons. The number of rotatable bonds is 6. The summed E-state index contributed by atoms with van der Waals surface area (Å²) < 4.78 is 16.9. The number of hydrogen-bond donors (Lipinski definition) is 0. The largest absolute Gasteiger partial charge is 2.00 e. The van der Waals surface area contributed by atoms with Gasteiger partial charge in [0.2, 0.25) is 0 Å². The van der Waals surface area contributed by atoms with E-state index in [-0.39, 0.29) is 58.3 Å². The maximum Gasteiger partial charge on any atom is 2.00 e. The van der Waals surface area contributed by atoms with Gasteiger partial charge in [-0.15, -0.1) is 0 Å². The molecule has 0 aromatic carbocycles. The molecule has 16 heavy (non-hydrogen) atoms. The molecule has 0 aromatic heterocycles. The van der Waals surface area contributed by atoms with Gasteiger partial charge in [0.15, 0.2) is 0 Å². The quantitative estimate of drug-likeness (QED) is 0.473. The Bertz CT molecular complexity index is 142. The fourth-order valence-electron chi connectivity index (χ4n) is 1.16. The summed E-state index contributed by atoms with van der Waals surface area (Å²) in [5.41, 5.74) is 0. The standard InChI is InChI=1S/C10H23O3Si.BrH.Mg/c1-8(2)11-14(7,12-9(3)4)13-10(5)6;;/h8-10H,7H2,1-6H3;1H;/q-1;;+2/p-1. The van der Waals surface area contributed by atoms with Crippen LogP contribution in [-0.4, -0.2) is 50.2 Å². The molecule has 0 unspecified atom stereocenters. The maximum absolute atomic E-state index is 5.64. The molecule has 6 heteroatoms. The van der Waals surface area contributed by atoms with Gasteiger partial charge in [0, 0.05) is 18.3 Å². The monoisotopic (exact) mass is 322 g/mol. The van der Waals surface area contributed by atoms with Crippen molar-refractivity contribution < 1.29 is 30.3 Å². The van der Waals surface area contributed by atoms with E-state index in [2.05, 4.69) is 6.55 Å². The second-order valence-corrected chi connectivity index (χ2v) is 6.26. The van der Waals surface area contributed by atoms with Crippen molar-refractivity contribution in [3.05, 3.63) is 6.55 Å². The van der Waals surface area contributed by atoms with Crippen molar-refractivity contribution in [2.75, 3.05) is 0 Å². The summed E-state index contributed by atoms with van der Waals surface area (Å²) >= 11 is 0. The van der Waals surface area contributed by atoms with E-state index in [0.29, 0.717) is 0 Å². The van der Waals surface area contributed by atoms with E-state index in [9.17, 15) is 0 Å². The van der Waals surface area contributed by atoms with E-state index in [1.54, 1.807) is 0 Å². The third kappa shape index (κ3) is 11.8. The van der Waals surface area contributed by atoms with Crippen molar-refractivity contribution in [3.63, 3.8) is 0 Å². The zero-order valence-electron chi connectivity index (χ0n) is 11.2. The van der Waals surface area contributed by atoms with Gasteiger partial charge in [0.1, 0.15) is 0 Å². The van der Waals surface area contributed by atoms with Crippen LogP contribution in [0.25, 0.3) is 0 Å². The van der Waals surface area contributed by atoms with Crippen LogP contribution in [0.5, 0.6) is 0 Å². The molecule has 0 bridgehead atoms. The normalized spacial score (nSPS) is 11.6. The van der Waals surface area contributed by atoms with Crippen molar-refractivity contribution in [2.45, 2.75) is 59.9 Å². The summed E-state index contributed by atoms with van der Waals surface area (Å²) in [5.74, 6) is 0. The van der Waals surface area contributed by atoms with Crippen LogP contribution in [0.15, 0.2) is 0 Å². The number of hydrogen-bond acceptors (Lipinski definition) is 3. The van der Waals surface area contributed by atoms with Crippen LogP contribution in [0.2, 0.25) is 0 Å². The Morgan fingerprint density at radius 1 is 0.750 bits per heavy atom. The van der Waals surface area contributed by atoms with Gasteiger partial charge in [-0.3, -0.25) is 6.55 Å². The molecule has 0 aliphatic rings. The minimum atomic E-state index is -2.69. The van der Waals surface area contributed by atoms with E-state index >= 15 is 0 Å². The van der Waals surface area contributed by atoms with Crippen LogP contribution in [0.4, 0.5) is 0 Å². The van der Waals surface area contributed by atoms with Crippen molar-refractivity contribution in [2.24, 2.45) is 0 Å². The second kappa shape index (κ2) is 10.3. The SMILES string of the molecule is [Br-].[CH2-][Si](OC(C)C)(OC(C)C)OC(C)C.[Mg+2]. The fraction of sp³-hybridized carbons (Fsp3) is 0.900. The maximum atomic E-state index is 5.64. The van der Waals surface area contributed by atoms with Crippen LogP contribution in [0.1, 0.15) is 41.5 Å². The van der Waals surface area contributed by atoms with Gasteiger partial charge in [-0.05, 0) is 41.5 Å². The Balaban J connectivity index is -0.000000845. The Labute approximate surface area is 128 Å². The Kier molecular flexibility index (Phi) is 14.5. The first-order chi connectivity index (χ1) is 6.25. The molecule has 0 amide bonds. The summed E-state index contributed by atoms with van der Waals surface area (Å²) in [5, 5.41) is 0. The topological polar surface area (TPSA) is 27.7 Å². The average molecular weight is 324 g/mol. The third-order valence-electron chi connectivity index (χ3n) is 1.25. The van der Waals surface area contributed by atoms with E-state index < -0.39 is 8.80 Å². The minimum Gasteiger partial charge on any atom is -1.00 e. The van der Waals surface area contributed by atoms with Gasteiger partial charge < -0.3 is 30.3 Å². The molecule has 0 spiro atoms. The molecule has 0 heterocycles. The van der Waals surface area contributed by atoms with E-state index in [1.165, 1.54) is 0 Å². The summed E-state index contributed by atoms with van der Waals surface area (Å²) in [6, 6.07) is 0. The molecule has 0 aliphatic carbocycles. The van der Waals surface area contributed by atoms with Gasteiger partial charge >= 0.3 is 31.9 Å². The van der Waals surface area contributed by atoms with Gasteiger partial charge in [-0.25, -0.2) is 0 Å². The summed E-state index contributed by atoms with van der Waals surface area (Å²) in [6.07, 6.45) is 0.241. The molecule has 0 aliphatic heterocycles. The van der Waals surface area contributed by atoms with Crippen LogP contribution >= 0.6 is 0 Å². The van der Waals surface area contributed by atoms with Crippen LogP contribution < -0.4 is 17.0 Å². The van der Waals surface area contributed by atoms with Gasteiger partial charge in [-0.1, -0.05) is 0 Å². The molecule has 0 atom stereocenters. The minimum absolute atomic E-state index is 0. The summed E-state index contributed by atoms with van der Waals surface area (Å²) in [7, 11) is -2.69. The second-order valence-electron chi connectivity index (χ2n) is 4.18. The molecule has 3 nitrogen and oxygen atoms in total. The van der Waals surface area contributed by atoms with Crippen molar-refractivity contribution in [1.82, 2.24) is 0 Å². The smallest absolute Gasteiger partial charge is 1.00 e. The average Bonchev–Trinajstić information content (AvgIpc) is 1.76. The molecule has 0 N–H and O–H groups in total. The van der Waals surface area contributed by atoms with Crippen molar-refractivity contribution in [1.29, 1.82) is 0 Å². The molecule has 0 saturated carbocycles. The van der Waals surface area contributed by atoms with Crippen LogP contribution in [0, 0.1) is 6.55 Å². The molecule has 0 fully saturated rings. The van der Waals surface area contributed by atoms with Crippen molar-refractivity contribution in [3.8, 4) is 0 Å². The molecule has 0 saturated heterocycles. The molecule has 0 aromatic rings. The van der Waals surface area contributed by atoms with Gasteiger partial charge in [0.05, 0.1) is 0 Å². The summed E-state index contributed by atoms with van der Waals surface area (Å²) in [6.45, 7) is 15.7. The fourth-order valence-corrected chi connectivity index (χ4v) is 3.48. The summed E-state index contributed by atoms with van der Waals surface area (Å²) in [4.78, 5) is 0. The van der Waals surface area contributed by atoms with E-state index in [0.717, 1.165) is 0 Å². The zero-order chi connectivity index (χ0) is 11.4. The molecular weight excluding hydrogens is 300 g/mol. The molecular formula is C10H23BrMgO3Si. The Morgan fingerprint density at radius 2 is 0.938 bits per heavy atom. The van der Waals surface area contributed by atoms with E-state index in [1.807, 2.05) is 41.5 Å². The predicted molar refractivity (Wildman–Crippen MR) is 65.5 cm³/mol. The Morgan fingerprint density at radius 3 is 1.06 bits per heavy atom. The molecule has 0 rings (SSSR count). The number of halogens is 1. The zero-order valence-corrected chi connectivity index (χ0v) is 15.2. The first kappa shape index (κ1) is 22.5. The van der Waals surface area contributed by atoms with Crippen LogP contribution in [0.3, 0.4) is 0 Å². The van der Waals surface area contributed by atoms with E-state index in [4.69, 9.17) is 13.3 Å². The third-order valence-corrected chi connectivity index (χ3v) is 3.74. The van der Waals surface area contributed by atoms with Gasteiger partial charge in [-0.2, -0.15) is 0 Å². The van der Waals surface area contributed by atoms with Crippen molar-refractivity contribution >= 4 is 31.9 Å². The Hall–Kier alpha value is 1.34. The first-order valence-corrected chi connectivity index (χ1v) is 7.07.